The Kier molecular flexibility index (Phi) is 4.18. The Bertz CT molecular complexity index is 537. The van der Waals surface area contributed by atoms with Crippen LogP contribution in [-0.2, 0) is 4.79 Å². The quantitative estimate of drug-likeness (QED) is 0.897. The van der Waals surface area contributed by atoms with Gasteiger partial charge in [-0.3, -0.25) is 9.48 Å². The van der Waals surface area contributed by atoms with Gasteiger partial charge in [-0.15, -0.1) is 0 Å². The number of amides is 1. The highest BCUT2D eigenvalue weighted by Crippen LogP contribution is 2.24. The van der Waals surface area contributed by atoms with Crippen molar-refractivity contribution in [2.75, 3.05) is 11.9 Å². The predicted molar refractivity (Wildman–Crippen MR) is 73.2 cm³/mol. The minimum Gasteiger partial charge on any atom is -0.492 e. The molecule has 0 saturated carbocycles. The van der Waals surface area contributed by atoms with Crippen molar-refractivity contribution in [2.45, 2.75) is 19.9 Å². The van der Waals surface area contributed by atoms with Crippen LogP contribution < -0.4 is 10.1 Å². The van der Waals surface area contributed by atoms with Crippen molar-refractivity contribution in [2.24, 2.45) is 0 Å². The van der Waals surface area contributed by atoms with Crippen molar-refractivity contribution in [3.05, 3.63) is 42.7 Å². The second kappa shape index (κ2) is 6.04. The molecule has 1 N–H and O–H groups in total. The third-order valence-electron chi connectivity index (χ3n) is 2.75. The average molecular weight is 259 g/mol. The zero-order valence-electron chi connectivity index (χ0n) is 11.0. The predicted octanol–water partition coefficient (Wildman–Crippen LogP) is 2.48. The van der Waals surface area contributed by atoms with Gasteiger partial charge in [-0.1, -0.05) is 12.1 Å². The Balaban J connectivity index is 2.10. The smallest absolute Gasteiger partial charge is 0.249 e. The normalized spacial score (nSPS) is 11.9. The summed E-state index contributed by atoms with van der Waals surface area (Å²) in [4.78, 5) is 12.1. The number of aromatic nitrogens is 2. The second-order valence-electron chi connectivity index (χ2n) is 4.08. The number of nitrogens with zero attached hydrogens (tertiary/aromatic N) is 2. The van der Waals surface area contributed by atoms with Crippen molar-refractivity contribution in [1.29, 1.82) is 0 Å². The number of nitrogens with one attached hydrogen (secondary N) is 1. The Labute approximate surface area is 112 Å². The molecule has 1 aromatic carbocycles. The molecule has 2 rings (SSSR count). The maximum atomic E-state index is 12.1. The molecule has 0 saturated heterocycles. The van der Waals surface area contributed by atoms with E-state index < -0.39 is 0 Å². The molecule has 0 aliphatic heterocycles. The molecule has 0 aliphatic rings. The van der Waals surface area contributed by atoms with Crippen LogP contribution in [0.15, 0.2) is 42.7 Å². The van der Waals surface area contributed by atoms with E-state index >= 15 is 0 Å². The van der Waals surface area contributed by atoms with E-state index in [1.54, 1.807) is 30.1 Å². The summed E-state index contributed by atoms with van der Waals surface area (Å²) in [5.74, 6) is 0.543. The molecule has 0 bridgehead atoms. The molecular formula is C14H17N3O2. The largest absolute Gasteiger partial charge is 0.492 e. The van der Waals surface area contributed by atoms with Crippen LogP contribution in [0.2, 0.25) is 0 Å². The van der Waals surface area contributed by atoms with E-state index in [1.165, 1.54) is 0 Å². The standard InChI is InChI=1S/C14H17N3O2/c1-3-19-13-8-5-4-7-12(13)16-14(18)11(2)17-10-6-9-15-17/h4-11H,3H2,1-2H3,(H,16,18). The van der Waals surface area contributed by atoms with Gasteiger partial charge in [0.1, 0.15) is 11.8 Å². The summed E-state index contributed by atoms with van der Waals surface area (Å²) in [7, 11) is 0. The molecule has 100 valence electrons. The lowest BCUT2D eigenvalue weighted by Crippen LogP contribution is -2.24. The number of anilines is 1. The Morgan fingerprint density at radius 2 is 2.21 bits per heavy atom. The fourth-order valence-corrected chi connectivity index (χ4v) is 1.72. The van der Waals surface area contributed by atoms with Gasteiger partial charge in [0, 0.05) is 12.4 Å². The van der Waals surface area contributed by atoms with E-state index in [9.17, 15) is 4.79 Å². The first kappa shape index (κ1) is 13.1. The van der Waals surface area contributed by atoms with Gasteiger partial charge in [-0.05, 0) is 32.0 Å². The Hall–Kier alpha value is -2.30. The molecule has 1 unspecified atom stereocenters. The first-order valence-corrected chi connectivity index (χ1v) is 6.24. The lowest BCUT2D eigenvalue weighted by Gasteiger charge is -2.15. The highest BCUT2D eigenvalue weighted by Gasteiger charge is 2.16. The third kappa shape index (κ3) is 3.13. The number of ether oxygens (including phenoxy) is 1. The summed E-state index contributed by atoms with van der Waals surface area (Å²) in [5.41, 5.74) is 0.674. The number of hydrogen-bond donors (Lipinski definition) is 1. The van der Waals surface area contributed by atoms with Crippen LogP contribution in [0.4, 0.5) is 5.69 Å². The van der Waals surface area contributed by atoms with Crippen molar-refractivity contribution >= 4 is 11.6 Å². The van der Waals surface area contributed by atoms with E-state index in [0.717, 1.165) is 0 Å². The minimum absolute atomic E-state index is 0.129. The van der Waals surface area contributed by atoms with Crippen molar-refractivity contribution < 1.29 is 9.53 Å². The molecule has 0 fully saturated rings. The molecule has 1 heterocycles. The van der Waals surface area contributed by atoms with Crippen molar-refractivity contribution in [3.8, 4) is 5.75 Å². The van der Waals surface area contributed by atoms with Crippen LogP contribution in [0.25, 0.3) is 0 Å². The molecule has 2 aromatic rings. The van der Waals surface area contributed by atoms with E-state index in [1.807, 2.05) is 31.2 Å². The summed E-state index contributed by atoms with van der Waals surface area (Å²) in [6.45, 7) is 4.26. The van der Waals surface area contributed by atoms with E-state index in [2.05, 4.69) is 10.4 Å². The summed E-state index contributed by atoms with van der Waals surface area (Å²) in [6, 6.07) is 8.80. The lowest BCUT2D eigenvalue weighted by molar-refractivity contribution is -0.119. The first-order chi connectivity index (χ1) is 9.22. The van der Waals surface area contributed by atoms with Gasteiger partial charge < -0.3 is 10.1 Å². The Morgan fingerprint density at radius 1 is 1.42 bits per heavy atom. The van der Waals surface area contributed by atoms with Gasteiger partial charge in [0.25, 0.3) is 0 Å². The summed E-state index contributed by atoms with van der Waals surface area (Å²) >= 11 is 0. The average Bonchev–Trinajstić information content (AvgIpc) is 2.94. The van der Waals surface area contributed by atoms with Crippen molar-refractivity contribution in [3.63, 3.8) is 0 Å². The summed E-state index contributed by atoms with van der Waals surface area (Å²) in [6.07, 6.45) is 3.41. The maximum absolute atomic E-state index is 12.1. The van der Waals surface area contributed by atoms with Crippen molar-refractivity contribution in [1.82, 2.24) is 9.78 Å². The van der Waals surface area contributed by atoms with Crippen LogP contribution in [0, 0.1) is 0 Å². The zero-order chi connectivity index (χ0) is 13.7. The topological polar surface area (TPSA) is 56.1 Å². The van der Waals surface area contributed by atoms with Gasteiger partial charge in [0.2, 0.25) is 5.91 Å². The van der Waals surface area contributed by atoms with Gasteiger partial charge in [0.15, 0.2) is 0 Å². The van der Waals surface area contributed by atoms with Crippen LogP contribution in [-0.4, -0.2) is 22.3 Å². The highest BCUT2D eigenvalue weighted by molar-refractivity contribution is 5.94. The molecule has 0 radical (unpaired) electrons. The molecule has 1 aromatic heterocycles. The number of hydrogen-bond acceptors (Lipinski definition) is 3. The Morgan fingerprint density at radius 3 is 2.89 bits per heavy atom. The van der Waals surface area contributed by atoms with Crippen LogP contribution in [0.5, 0.6) is 5.75 Å². The molecule has 1 amide bonds. The van der Waals surface area contributed by atoms with Gasteiger partial charge in [0.05, 0.1) is 12.3 Å². The minimum atomic E-state index is -0.371. The number of carbonyl (C=O) groups excluding carboxylic acids is 1. The molecule has 1 atom stereocenters. The zero-order valence-corrected chi connectivity index (χ0v) is 11.0. The summed E-state index contributed by atoms with van der Waals surface area (Å²) in [5, 5.41) is 6.92. The first-order valence-electron chi connectivity index (χ1n) is 6.24. The number of rotatable bonds is 5. The molecule has 0 spiro atoms. The van der Waals surface area contributed by atoms with Gasteiger partial charge in [-0.25, -0.2) is 0 Å². The number of benzene rings is 1. The SMILES string of the molecule is CCOc1ccccc1NC(=O)C(C)n1cccn1. The lowest BCUT2D eigenvalue weighted by atomic mass is 10.2. The van der Waals surface area contributed by atoms with E-state index in [0.29, 0.717) is 18.0 Å². The molecular weight excluding hydrogens is 242 g/mol. The number of carbonyl (C=O) groups is 1. The molecule has 19 heavy (non-hydrogen) atoms. The highest BCUT2D eigenvalue weighted by atomic mass is 16.5. The fraction of sp³-hybridized carbons (Fsp3) is 0.286. The van der Waals surface area contributed by atoms with Crippen LogP contribution >= 0.6 is 0 Å². The molecule has 5 nitrogen and oxygen atoms in total. The van der Waals surface area contributed by atoms with Crippen LogP contribution in [0.1, 0.15) is 19.9 Å². The molecule has 5 heteroatoms. The van der Waals surface area contributed by atoms with Crippen LogP contribution in [0.3, 0.4) is 0 Å². The maximum Gasteiger partial charge on any atom is 0.249 e. The third-order valence-corrected chi connectivity index (χ3v) is 2.75. The summed E-state index contributed by atoms with van der Waals surface area (Å²) < 4.78 is 7.08. The van der Waals surface area contributed by atoms with E-state index in [-0.39, 0.29) is 11.9 Å². The second-order valence-corrected chi connectivity index (χ2v) is 4.08. The monoisotopic (exact) mass is 259 g/mol. The molecule has 0 aliphatic carbocycles. The number of para-hydroxylation sites is 2. The fourth-order valence-electron chi connectivity index (χ4n) is 1.72. The van der Waals surface area contributed by atoms with Gasteiger partial charge in [-0.2, -0.15) is 5.10 Å². The van der Waals surface area contributed by atoms with Gasteiger partial charge >= 0.3 is 0 Å². The van der Waals surface area contributed by atoms with E-state index in [4.69, 9.17) is 4.74 Å².